The Balaban J connectivity index is 0. The zero-order valence-electron chi connectivity index (χ0n) is 9.29. The Morgan fingerprint density at radius 1 is 0.643 bits per heavy atom. The van der Waals surface area contributed by atoms with E-state index in [2.05, 4.69) is 0 Å². The summed E-state index contributed by atoms with van der Waals surface area (Å²) in [6.45, 7) is 9.24. The third kappa shape index (κ3) is 5.46. The lowest BCUT2D eigenvalue weighted by Gasteiger charge is -2.23. The van der Waals surface area contributed by atoms with Crippen molar-refractivity contribution in [2.24, 2.45) is 0 Å². The van der Waals surface area contributed by atoms with Crippen LogP contribution in [0.1, 0.15) is 27.7 Å². The van der Waals surface area contributed by atoms with Crippen LogP contribution in [-0.2, 0) is 19.4 Å². The molecule has 88 valence electrons. The van der Waals surface area contributed by atoms with Gasteiger partial charge in [-0.3, -0.25) is 0 Å². The summed E-state index contributed by atoms with van der Waals surface area (Å²) in [5.41, 5.74) is 0. The molecule has 5 nitrogen and oxygen atoms in total. The average molecular weight is 213 g/mol. The number of quaternary nitrogens is 1. The summed E-state index contributed by atoms with van der Waals surface area (Å²) in [5, 5.41) is -0.625. The molecule has 0 aliphatic carbocycles. The van der Waals surface area contributed by atoms with Crippen molar-refractivity contribution in [2.75, 3.05) is 26.4 Å². The number of halogens is 1. The molecule has 14 heavy (non-hydrogen) atoms. The molecule has 0 rings (SSSR count). The van der Waals surface area contributed by atoms with Gasteiger partial charge in [0.05, 0.1) is 0 Å². The zero-order chi connectivity index (χ0) is 10.2. The Labute approximate surface area is 84.3 Å². The topological polar surface area (TPSA) is 36.9 Å². The lowest BCUT2D eigenvalue weighted by Crippen LogP contribution is -3.00. The first-order valence-corrected chi connectivity index (χ1v) is 4.71. The predicted octanol–water partition coefficient (Wildman–Crippen LogP) is -1.39. The molecular weight excluding hydrogens is 193 g/mol. The van der Waals surface area contributed by atoms with E-state index in [1.165, 1.54) is 0 Å². The van der Waals surface area contributed by atoms with Crippen LogP contribution in [0.15, 0.2) is 0 Å². The van der Waals surface area contributed by atoms with Crippen LogP contribution in [0.25, 0.3) is 0 Å². The van der Waals surface area contributed by atoms with Crippen molar-refractivity contribution in [3.05, 3.63) is 0 Å². The third-order valence-corrected chi connectivity index (χ3v) is 1.15. The summed E-state index contributed by atoms with van der Waals surface area (Å²) in [7, 11) is 0. The van der Waals surface area contributed by atoms with Crippen LogP contribution in [-0.4, -0.2) is 31.6 Å². The van der Waals surface area contributed by atoms with Crippen molar-refractivity contribution < 1.29 is 29.2 Å². The van der Waals surface area contributed by atoms with E-state index in [-0.39, 0.29) is 4.70 Å². The van der Waals surface area contributed by atoms with Crippen molar-refractivity contribution in [1.29, 1.82) is 0 Å². The van der Waals surface area contributed by atoms with E-state index in [9.17, 15) is 0 Å². The average Bonchev–Trinajstić information content (AvgIpc) is 2.06. The molecule has 0 fully saturated rings. The maximum Gasteiger partial charge on any atom is 0.247 e. The van der Waals surface area contributed by atoms with Crippen molar-refractivity contribution in [1.82, 2.24) is 0 Å². The second kappa shape index (κ2) is 9.29. The normalized spacial score (nSPS) is 11.1. The minimum absolute atomic E-state index is 0. The summed E-state index contributed by atoms with van der Waals surface area (Å²) >= 11 is 0. The van der Waals surface area contributed by atoms with Crippen LogP contribution in [0.5, 0.6) is 0 Å². The molecule has 0 saturated carbocycles. The predicted molar refractivity (Wildman–Crippen MR) is 46.8 cm³/mol. The van der Waals surface area contributed by atoms with Gasteiger partial charge in [-0.05, 0) is 27.7 Å². The Morgan fingerprint density at radius 2 is 0.857 bits per heavy atom. The highest BCUT2D eigenvalue weighted by Gasteiger charge is 2.36. The van der Waals surface area contributed by atoms with Crippen LogP contribution < -0.4 is 4.70 Å². The van der Waals surface area contributed by atoms with Gasteiger partial charge in [-0.15, -0.1) is 0 Å². The van der Waals surface area contributed by atoms with Gasteiger partial charge in [0, 0.05) is 0 Å². The molecule has 0 saturated heterocycles. The lowest BCUT2D eigenvalue weighted by atomic mass is 10.9. The first kappa shape index (κ1) is 16.2. The number of hydrogen-bond donors (Lipinski definition) is 0. The first-order chi connectivity index (χ1) is 6.24. The second-order valence-corrected chi connectivity index (χ2v) is 2.12. The highest BCUT2D eigenvalue weighted by atomic mass is 19.0. The molecule has 0 radical (unpaired) electrons. The van der Waals surface area contributed by atoms with Gasteiger partial charge in [-0.2, -0.15) is 0 Å². The minimum atomic E-state index is -0.625. The van der Waals surface area contributed by atoms with Gasteiger partial charge in [-0.25, -0.2) is 0 Å². The Hall–Kier alpha value is -0.270. The molecule has 0 N–H and O–H groups in total. The molecule has 0 atom stereocenters. The Kier molecular flexibility index (Phi) is 10.7. The van der Waals surface area contributed by atoms with Gasteiger partial charge in [0.25, 0.3) is 0 Å². The van der Waals surface area contributed by atoms with Gasteiger partial charge >= 0.3 is 0 Å². The molecule has 0 amide bonds. The molecule has 0 aromatic carbocycles. The summed E-state index contributed by atoms with van der Waals surface area (Å²) in [6.07, 6.45) is 0. The van der Waals surface area contributed by atoms with Crippen LogP contribution in [0.3, 0.4) is 0 Å². The van der Waals surface area contributed by atoms with E-state index >= 15 is 0 Å². The van der Waals surface area contributed by atoms with Crippen LogP contribution in [0.2, 0.25) is 0 Å². The van der Waals surface area contributed by atoms with E-state index in [1.807, 2.05) is 27.7 Å². The highest BCUT2D eigenvalue weighted by Crippen LogP contribution is 2.12. The van der Waals surface area contributed by atoms with Crippen LogP contribution in [0, 0.1) is 0 Å². The minimum Gasteiger partial charge on any atom is -1.00 e. The van der Waals surface area contributed by atoms with Crippen molar-refractivity contribution >= 4 is 0 Å². The summed E-state index contributed by atoms with van der Waals surface area (Å²) in [4.78, 5) is 20.9. The molecule has 0 aromatic heterocycles. The van der Waals surface area contributed by atoms with Crippen molar-refractivity contribution in [3.8, 4) is 0 Å². The molecule has 0 spiro atoms. The van der Waals surface area contributed by atoms with Gasteiger partial charge in [0.15, 0.2) is 0 Å². The van der Waals surface area contributed by atoms with Crippen LogP contribution in [0.4, 0.5) is 0 Å². The number of hydrogen-bond acceptors (Lipinski definition) is 4. The van der Waals surface area contributed by atoms with Crippen molar-refractivity contribution in [3.63, 3.8) is 0 Å². The lowest BCUT2D eigenvalue weighted by molar-refractivity contribution is -1.47. The fourth-order valence-electron chi connectivity index (χ4n) is 0.856. The largest absolute Gasteiger partial charge is 1.00 e. The fraction of sp³-hybridized carbons (Fsp3) is 1.00. The summed E-state index contributed by atoms with van der Waals surface area (Å²) in [5.74, 6) is 0. The third-order valence-electron chi connectivity index (χ3n) is 1.15. The standard InChI is InChI=1S/C8H20NO4.FH/c1-5-10-9(11-6-2,12-7-3)13-8-4;/h5-8H2,1-4H3;1H/q+1;/p-1. The zero-order valence-corrected chi connectivity index (χ0v) is 9.29. The van der Waals surface area contributed by atoms with Gasteiger partial charge in [-0.1, -0.05) is 19.4 Å². The molecule has 0 bridgehead atoms. The molecule has 0 aromatic rings. The quantitative estimate of drug-likeness (QED) is 0.367. The molecule has 0 aliphatic rings. The van der Waals surface area contributed by atoms with Gasteiger partial charge < -0.3 is 4.70 Å². The van der Waals surface area contributed by atoms with E-state index in [0.29, 0.717) is 26.4 Å². The first-order valence-electron chi connectivity index (χ1n) is 4.71. The van der Waals surface area contributed by atoms with Gasteiger partial charge in [0.2, 0.25) is 5.14 Å². The fourth-order valence-corrected chi connectivity index (χ4v) is 0.856. The molecule has 0 aliphatic heterocycles. The summed E-state index contributed by atoms with van der Waals surface area (Å²) < 4.78 is 0. The highest BCUT2D eigenvalue weighted by molar-refractivity contribution is 3.99. The Morgan fingerprint density at radius 3 is 1.00 bits per heavy atom. The smallest absolute Gasteiger partial charge is 0.247 e. The molecule has 0 unspecified atom stereocenters. The maximum absolute atomic E-state index is 5.22. The van der Waals surface area contributed by atoms with Crippen LogP contribution >= 0.6 is 0 Å². The van der Waals surface area contributed by atoms with Crippen molar-refractivity contribution in [2.45, 2.75) is 27.7 Å². The summed E-state index contributed by atoms with van der Waals surface area (Å²) in [6, 6.07) is 0. The second-order valence-electron chi connectivity index (χ2n) is 2.12. The monoisotopic (exact) mass is 213 g/mol. The molecule has 6 heteroatoms. The molecular formula is C8H20FNO4. The SMILES string of the molecule is CCO[N+](OCC)(OCC)OCC.[F-]. The van der Waals surface area contributed by atoms with Gasteiger partial charge in [0.1, 0.15) is 26.4 Å². The van der Waals surface area contributed by atoms with E-state index in [0.717, 1.165) is 0 Å². The molecule has 0 heterocycles. The van der Waals surface area contributed by atoms with E-state index < -0.39 is 5.14 Å². The Bertz CT molecular complexity index is 96.4. The maximum atomic E-state index is 5.22. The number of nitrogens with zero attached hydrogens (tertiary/aromatic N) is 1. The van der Waals surface area contributed by atoms with E-state index in [1.54, 1.807) is 0 Å². The van der Waals surface area contributed by atoms with E-state index in [4.69, 9.17) is 19.4 Å². The number of rotatable bonds is 8.